The highest BCUT2D eigenvalue weighted by Crippen LogP contribution is 2.51. The van der Waals surface area contributed by atoms with Gasteiger partial charge in [-0.1, -0.05) is 110 Å². The van der Waals surface area contributed by atoms with Crippen LogP contribution in [0.15, 0.2) is 165 Å². The minimum Gasteiger partial charge on any atom is -0.494 e. The number of pyridine rings is 1. The topological polar surface area (TPSA) is 78.6 Å². The molecule has 388 valence electrons. The third-order valence-electron chi connectivity index (χ3n) is 16.5. The molecule has 0 fully saturated rings. The third kappa shape index (κ3) is 7.70. The fourth-order valence-corrected chi connectivity index (χ4v) is 13.6. The van der Waals surface area contributed by atoms with E-state index < -0.39 is 18.1 Å². The molecule has 0 N–H and O–H groups in total. The van der Waals surface area contributed by atoms with Crippen LogP contribution in [0.25, 0.3) is 71.4 Å². The number of aromatic nitrogens is 2. The van der Waals surface area contributed by atoms with Crippen molar-refractivity contribution in [3.05, 3.63) is 215 Å². The number of hydrogen-bond acceptors (Lipinski definition) is 5. The van der Waals surface area contributed by atoms with Crippen LogP contribution in [0.4, 0.5) is 8.63 Å². The lowest BCUT2D eigenvalue weighted by Gasteiger charge is -2.34. The van der Waals surface area contributed by atoms with Crippen LogP contribution < -0.4 is 20.6 Å². The van der Waals surface area contributed by atoms with E-state index >= 15 is 8.63 Å². The molecular formula is C65H52BCl2F2N3O5. The first-order valence-corrected chi connectivity index (χ1v) is 28.0. The van der Waals surface area contributed by atoms with Crippen molar-refractivity contribution in [2.45, 2.75) is 77.7 Å². The molecule has 0 amide bonds. The van der Waals surface area contributed by atoms with Gasteiger partial charge in [-0.05, 0) is 157 Å². The van der Waals surface area contributed by atoms with Gasteiger partial charge in [-0.3, -0.25) is 14.2 Å². The highest BCUT2D eigenvalue weighted by molar-refractivity contribution is 6.59. The molecule has 7 aromatic carbocycles. The number of aryl methyl sites for hydroxylation is 3. The van der Waals surface area contributed by atoms with Crippen molar-refractivity contribution in [3.8, 4) is 33.9 Å². The lowest BCUT2D eigenvalue weighted by atomic mass is 9.84. The summed E-state index contributed by atoms with van der Waals surface area (Å²) in [7, 11) is 0. The maximum absolute atomic E-state index is 18.2. The lowest BCUT2D eigenvalue weighted by molar-refractivity contribution is -0.361. The zero-order chi connectivity index (χ0) is 53.0. The number of benzene rings is 7. The number of allylic oxidation sites excluding steroid dienone is 2. The Morgan fingerprint density at radius 1 is 0.628 bits per heavy atom. The first-order valence-electron chi connectivity index (χ1n) is 27.3. The Morgan fingerprint density at radius 3 is 2.04 bits per heavy atom. The van der Waals surface area contributed by atoms with Crippen LogP contribution in [-0.4, -0.2) is 39.4 Å². The maximum Gasteiger partial charge on any atom is 0.737 e. The molecule has 5 heterocycles. The first-order chi connectivity index (χ1) is 38.1. The van der Waals surface area contributed by atoms with Gasteiger partial charge in [-0.25, -0.2) is 0 Å². The van der Waals surface area contributed by atoms with E-state index in [2.05, 4.69) is 25.1 Å². The standard InChI is InChI=1S/C65H52BCl2F2N3O5/c1-2-3-8-31-76-44-23-20-38(21-24-44)41-22-28-56-51(33-41)48-25-26-49-58-50(27-29-57(78-56)59(48)58)65(75)71(64(49)74)30-11-32-77-45-36-52(67)60(53(68)37-45)61-54-34-42-16-9-14-39-12-4-6-18-46(39)62(42)72(54)66(69,70)73-55(61)35-43-17-10-15-40-13-5-7-19-47(40)63(43)73/h4-7,12-13,18-29,33-37H,2-3,8-11,14-17,30-32H2,1H3. The Bertz CT molecular complexity index is 4320. The van der Waals surface area contributed by atoms with E-state index in [9.17, 15) is 9.59 Å². The number of nitrogens with zero attached hydrogens (tertiary/aromatic N) is 3. The predicted molar refractivity (Wildman–Crippen MR) is 311 cm³/mol. The third-order valence-corrected chi connectivity index (χ3v) is 17.1. The molecule has 78 heavy (non-hydrogen) atoms. The van der Waals surface area contributed by atoms with Crippen molar-refractivity contribution in [2.24, 2.45) is 0 Å². The van der Waals surface area contributed by atoms with Gasteiger partial charge in [0.05, 0.1) is 28.8 Å². The molecule has 0 unspecified atom stereocenters. The van der Waals surface area contributed by atoms with E-state index in [-0.39, 0.29) is 23.2 Å². The van der Waals surface area contributed by atoms with Crippen LogP contribution in [0.3, 0.4) is 0 Å². The molecule has 2 aliphatic heterocycles. The Hall–Kier alpha value is -7.73. The predicted octanol–water partition coefficient (Wildman–Crippen LogP) is 15.6. The summed E-state index contributed by atoms with van der Waals surface area (Å²) in [6.07, 6.45) is 10.1. The molecule has 14 rings (SSSR count). The van der Waals surface area contributed by atoms with Crippen molar-refractivity contribution in [2.75, 3.05) is 13.2 Å². The van der Waals surface area contributed by atoms with E-state index in [0.29, 0.717) is 92.9 Å². The van der Waals surface area contributed by atoms with Crippen molar-refractivity contribution in [3.63, 3.8) is 0 Å². The number of halogens is 4. The molecule has 4 aliphatic rings. The van der Waals surface area contributed by atoms with Crippen LogP contribution in [0.5, 0.6) is 11.5 Å². The fraction of sp³-hybridized carbons (Fsp3) is 0.215. The summed E-state index contributed by atoms with van der Waals surface area (Å²) < 4.78 is 58.9. The summed E-state index contributed by atoms with van der Waals surface area (Å²) >= 11 is 14.7. The van der Waals surface area contributed by atoms with E-state index in [1.165, 1.54) is 13.5 Å². The molecule has 0 saturated heterocycles. The molecule has 0 spiro atoms. The molecular weight excluding hydrogens is 1020 g/mol. The fourth-order valence-electron chi connectivity index (χ4n) is 13.0. The van der Waals surface area contributed by atoms with Gasteiger partial charge in [0.2, 0.25) is 0 Å². The SMILES string of the molecule is CCCCCOc1ccc(-c2ccc3oc4ccc5c(=O)n(CCCOc6cc(Cl)c(C7=C8C=C9CCCc%10ccccc%10C9=[N+]8[B-](F)(F)n8c7cc7c8-c8ccccc8CCC7)c(Cl)c6)c(=O)c6ccc(c3c2)c4c56)cc1. The van der Waals surface area contributed by atoms with Crippen molar-refractivity contribution >= 4 is 84.9 Å². The summed E-state index contributed by atoms with van der Waals surface area (Å²) in [6, 6.07) is 42.6. The summed E-state index contributed by atoms with van der Waals surface area (Å²) in [5, 5.41) is 4.42. The van der Waals surface area contributed by atoms with Crippen LogP contribution >= 0.6 is 23.2 Å². The minimum atomic E-state index is -4.43. The number of rotatable bonds is 12. The molecule has 8 nitrogen and oxygen atoms in total. The largest absolute Gasteiger partial charge is 0.737 e. The van der Waals surface area contributed by atoms with E-state index in [4.69, 9.17) is 37.1 Å². The Labute approximate surface area is 458 Å². The molecule has 13 heteroatoms. The van der Waals surface area contributed by atoms with E-state index in [1.807, 2.05) is 103 Å². The summed E-state index contributed by atoms with van der Waals surface area (Å²) in [6.45, 7) is -1.34. The maximum atomic E-state index is 18.2. The molecule has 0 radical (unpaired) electrons. The van der Waals surface area contributed by atoms with Crippen LogP contribution in [0, 0.1) is 0 Å². The van der Waals surface area contributed by atoms with Gasteiger partial charge in [0.15, 0.2) is 11.4 Å². The Morgan fingerprint density at radius 2 is 1.27 bits per heavy atom. The smallest absolute Gasteiger partial charge is 0.494 e. The second-order valence-electron chi connectivity index (χ2n) is 21.2. The Balaban J connectivity index is 0.776. The summed E-state index contributed by atoms with van der Waals surface area (Å²) in [4.78, 5) is 28.6. The molecule has 10 aromatic rings. The Kier molecular flexibility index (Phi) is 11.9. The van der Waals surface area contributed by atoms with Gasteiger partial charge in [-0.2, -0.15) is 0 Å². The quantitative estimate of drug-likeness (QED) is 0.0527. The van der Waals surface area contributed by atoms with Gasteiger partial charge < -0.3 is 31.5 Å². The zero-order valence-corrected chi connectivity index (χ0v) is 44.5. The van der Waals surface area contributed by atoms with Crippen molar-refractivity contribution in [1.82, 2.24) is 9.05 Å². The van der Waals surface area contributed by atoms with E-state index in [0.717, 1.165) is 111 Å². The van der Waals surface area contributed by atoms with Gasteiger partial charge in [0.1, 0.15) is 22.7 Å². The monoisotopic (exact) mass is 1070 g/mol. The zero-order valence-electron chi connectivity index (χ0n) is 42.9. The molecule has 0 bridgehead atoms. The summed E-state index contributed by atoms with van der Waals surface area (Å²) in [5.41, 5.74) is 10.8. The first kappa shape index (κ1) is 48.6. The molecule has 2 aliphatic carbocycles. The van der Waals surface area contributed by atoms with Gasteiger partial charge in [0.25, 0.3) is 11.1 Å². The highest BCUT2D eigenvalue weighted by atomic mass is 35.5. The van der Waals surface area contributed by atoms with Crippen LogP contribution in [0.1, 0.15) is 85.4 Å². The van der Waals surface area contributed by atoms with Crippen molar-refractivity contribution in [1.29, 1.82) is 0 Å². The minimum absolute atomic E-state index is 0.0936. The number of ether oxygens (including phenoxy) is 2. The van der Waals surface area contributed by atoms with E-state index in [1.54, 1.807) is 18.2 Å². The van der Waals surface area contributed by atoms with Crippen LogP contribution in [-0.2, 0) is 25.8 Å². The molecule has 0 atom stereocenters. The van der Waals surface area contributed by atoms with Gasteiger partial charge >= 0.3 is 6.97 Å². The molecule has 0 saturated carbocycles. The average Bonchev–Trinajstić information content (AvgIpc) is 4.12. The summed E-state index contributed by atoms with van der Waals surface area (Å²) in [5.74, 6) is 1.21. The second-order valence-corrected chi connectivity index (χ2v) is 22.0. The average molecular weight is 1070 g/mol. The number of fused-ring (bicyclic) bond motifs is 11. The molecule has 3 aromatic heterocycles. The number of unbranched alkanes of at least 4 members (excludes halogenated alkanes) is 2. The highest BCUT2D eigenvalue weighted by Gasteiger charge is 2.57. The second kappa shape index (κ2) is 19.0. The normalized spacial score (nSPS) is 15.5. The van der Waals surface area contributed by atoms with Crippen LogP contribution in [0.2, 0.25) is 10.0 Å². The van der Waals surface area contributed by atoms with Crippen molar-refractivity contribution < 1.29 is 27.0 Å². The van der Waals surface area contributed by atoms with Gasteiger partial charge in [0, 0.05) is 67.6 Å². The van der Waals surface area contributed by atoms with Gasteiger partial charge in [-0.15, -0.1) is 0 Å². The lowest BCUT2D eigenvalue weighted by Crippen LogP contribution is -2.51. The number of hydrogen-bond donors (Lipinski definition) is 0.